The maximum atomic E-state index is 4.50. The smallest absolute Gasteiger partial charge is 0.0976 e. The van der Waals surface area contributed by atoms with Gasteiger partial charge in [0.1, 0.15) is 0 Å². The van der Waals surface area contributed by atoms with Crippen molar-refractivity contribution in [1.82, 2.24) is 15.0 Å². The standard InChI is InChI=1S/C18H15N3/c1-12-14-9-5-6-10-15(14)21-16(12)18-17(19-11-20-18)13-7-3-2-4-8-13/h2-11,21H,1H3,(H,19,20). The van der Waals surface area contributed by atoms with Crippen LogP contribution in [0.3, 0.4) is 0 Å². The number of hydrogen-bond acceptors (Lipinski definition) is 1. The van der Waals surface area contributed by atoms with E-state index in [0.717, 1.165) is 28.2 Å². The number of fused-ring (bicyclic) bond motifs is 1. The summed E-state index contributed by atoms with van der Waals surface area (Å²) in [6.45, 7) is 2.14. The SMILES string of the molecule is Cc1c(-c2[nH]cnc2-c2ccccc2)[nH]c2ccccc12. The largest absolute Gasteiger partial charge is 0.353 e. The molecule has 3 heteroatoms. The Bertz CT molecular complexity index is 901. The van der Waals surface area contributed by atoms with E-state index in [1.807, 2.05) is 24.3 Å². The molecule has 0 saturated heterocycles. The topological polar surface area (TPSA) is 44.5 Å². The average Bonchev–Trinajstić information content (AvgIpc) is 3.13. The molecule has 0 saturated carbocycles. The lowest BCUT2D eigenvalue weighted by molar-refractivity contribution is 1.30. The highest BCUT2D eigenvalue weighted by molar-refractivity contribution is 5.92. The third kappa shape index (κ3) is 1.86. The van der Waals surface area contributed by atoms with Crippen molar-refractivity contribution in [2.24, 2.45) is 0 Å². The van der Waals surface area contributed by atoms with E-state index >= 15 is 0 Å². The molecule has 2 heterocycles. The first-order valence-corrected chi connectivity index (χ1v) is 7.01. The number of benzene rings is 2. The van der Waals surface area contributed by atoms with Crippen LogP contribution in [0.5, 0.6) is 0 Å². The third-order valence-electron chi connectivity index (χ3n) is 3.90. The van der Waals surface area contributed by atoms with E-state index in [0.29, 0.717) is 0 Å². The van der Waals surface area contributed by atoms with Crippen molar-refractivity contribution in [3.05, 3.63) is 66.5 Å². The second-order valence-corrected chi connectivity index (χ2v) is 5.16. The Morgan fingerprint density at radius 2 is 1.62 bits per heavy atom. The molecular formula is C18H15N3. The molecule has 0 amide bonds. The molecule has 21 heavy (non-hydrogen) atoms. The lowest BCUT2D eigenvalue weighted by Crippen LogP contribution is -1.86. The van der Waals surface area contributed by atoms with Gasteiger partial charge >= 0.3 is 0 Å². The molecule has 0 atom stereocenters. The van der Waals surface area contributed by atoms with Gasteiger partial charge in [-0.3, -0.25) is 0 Å². The highest BCUT2D eigenvalue weighted by Gasteiger charge is 2.15. The predicted octanol–water partition coefficient (Wildman–Crippen LogP) is 4.53. The molecule has 0 aliphatic rings. The van der Waals surface area contributed by atoms with E-state index in [1.165, 1.54) is 10.9 Å². The van der Waals surface area contributed by atoms with Crippen LogP contribution in [-0.4, -0.2) is 15.0 Å². The summed E-state index contributed by atoms with van der Waals surface area (Å²) in [6, 6.07) is 18.6. The van der Waals surface area contributed by atoms with Crippen molar-refractivity contribution >= 4 is 10.9 Å². The van der Waals surface area contributed by atoms with Crippen LogP contribution in [-0.2, 0) is 0 Å². The number of H-pyrrole nitrogens is 2. The van der Waals surface area contributed by atoms with Crippen molar-refractivity contribution in [3.8, 4) is 22.6 Å². The van der Waals surface area contributed by atoms with E-state index in [1.54, 1.807) is 6.33 Å². The van der Waals surface area contributed by atoms with Crippen molar-refractivity contribution in [1.29, 1.82) is 0 Å². The monoisotopic (exact) mass is 273 g/mol. The van der Waals surface area contributed by atoms with Gasteiger partial charge in [0, 0.05) is 16.5 Å². The van der Waals surface area contributed by atoms with Crippen LogP contribution in [0.2, 0.25) is 0 Å². The number of nitrogens with one attached hydrogen (secondary N) is 2. The fourth-order valence-corrected chi connectivity index (χ4v) is 2.83. The van der Waals surface area contributed by atoms with Gasteiger partial charge in [-0.1, -0.05) is 48.5 Å². The van der Waals surface area contributed by atoms with Crippen molar-refractivity contribution in [2.45, 2.75) is 6.92 Å². The lowest BCUT2D eigenvalue weighted by atomic mass is 10.1. The average molecular weight is 273 g/mol. The van der Waals surface area contributed by atoms with Gasteiger partial charge in [0.15, 0.2) is 0 Å². The quantitative estimate of drug-likeness (QED) is 0.553. The second-order valence-electron chi connectivity index (χ2n) is 5.16. The summed E-state index contributed by atoms with van der Waals surface area (Å²) < 4.78 is 0. The summed E-state index contributed by atoms with van der Waals surface area (Å²) in [5.74, 6) is 0. The summed E-state index contributed by atoms with van der Waals surface area (Å²) in [5.41, 5.74) is 6.63. The zero-order chi connectivity index (χ0) is 14.2. The van der Waals surface area contributed by atoms with Gasteiger partial charge < -0.3 is 9.97 Å². The fourth-order valence-electron chi connectivity index (χ4n) is 2.83. The first-order chi connectivity index (χ1) is 10.3. The zero-order valence-corrected chi connectivity index (χ0v) is 11.7. The molecule has 3 nitrogen and oxygen atoms in total. The maximum absolute atomic E-state index is 4.50. The van der Waals surface area contributed by atoms with Crippen molar-refractivity contribution < 1.29 is 0 Å². The van der Waals surface area contributed by atoms with Crippen LogP contribution < -0.4 is 0 Å². The molecule has 0 radical (unpaired) electrons. The van der Waals surface area contributed by atoms with Crippen LogP contribution in [0, 0.1) is 6.92 Å². The number of hydrogen-bond donors (Lipinski definition) is 2. The second kappa shape index (κ2) is 4.63. The van der Waals surface area contributed by atoms with E-state index in [9.17, 15) is 0 Å². The summed E-state index contributed by atoms with van der Waals surface area (Å²) in [6.07, 6.45) is 1.75. The first kappa shape index (κ1) is 12.0. The van der Waals surface area contributed by atoms with Crippen molar-refractivity contribution in [2.75, 3.05) is 0 Å². The van der Waals surface area contributed by atoms with Crippen LogP contribution >= 0.6 is 0 Å². The number of rotatable bonds is 2. The minimum absolute atomic E-state index is 0.977. The van der Waals surface area contributed by atoms with E-state index in [4.69, 9.17) is 0 Å². The first-order valence-electron chi connectivity index (χ1n) is 7.01. The summed E-state index contributed by atoms with van der Waals surface area (Å²) in [5, 5.41) is 1.25. The third-order valence-corrected chi connectivity index (χ3v) is 3.90. The molecule has 0 fully saturated rings. The van der Waals surface area contributed by atoms with E-state index in [-0.39, 0.29) is 0 Å². The van der Waals surface area contributed by atoms with Gasteiger partial charge in [-0.15, -0.1) is 0 Å². The molecule has 0 aliphatic carbocycles. The molecule has 0 unspecified atom stereocenters. The molecule has 2 aromatic heterocycles. The summed E-state index contributed by atoms with van der Waals surface area (Å²) >= 11 is 0. The molecule has 4 aromatic rings. The van der Waals surface area contributed by atoms with Gasteiger partial charge in [-0.05, 0) is 18.6 Å². The summed E-state index contributed by atoms with van der Waals surface area (Å²) in [4.78, 5) is 11.3. The van der Waals surface area contributed by atoms with E-state index < -0.39 is 0 Å². The van der Waals surface area contributed by atoms with Gasteiger partial charge in [0.2, 0.25) is 0 Å². The number of para-hydroxylation sites is 1. The Balaban J connectivity index is 1.95. The number of aromatic nitrogens is 3. The number of imidazole rings is 1. The molecule has 102 valence electrons. The normalized spacial score (nSPS) is 11.1. The van der Waals surface area contributed by atoms with Crippen LogP contribution in [0.1, 0.15) is 5.56 Å². The molecule has 0 bridgehead atoms. The molecule has 4 rings (SSSR count). The number of aromatic amines is 2. The molecule has 2 aromatic carbocycles. The zero-order valence-electron chi connectivity index (χ0n) is 11.7. The van der Waals surface area contributed by atoms with Gasteiger partial charge in [0.25, 0.3) is 0 Å². The molecular weight excluding hydrogens is 258 g/mol. The van der Waals surface area contributed by atoms with Gasteiger partial charge in [0.05, 0.1) is 23.4 Å². The number of aryl methyl sites for hydroxylation is 1. The Hall–Kier alpha value is -2.81. The van der Waals surface area contributed by atoms with E-state index in [2.05, 4.69) is 52.2 Å². The minimum atomic E-state index is 0.977. The Labute approximate surface area is 122 Å². The summed E-state index contributed by atoms with van der Waals surface area (Å²) in [7, 11) is 0. The molecule has 0 aliphatic heterocycles. The lowest BCUT2D eigenvalue weighted by Gasteiger charge is -2.02. The highest BCUT2D eigenvalue weighted by atomic mass is 14.9. The van der Waals surface area contributed by atoms with Gasteiger partial charge in [-0.2, -0.15) is 0 Å². The maximum Gasteiger partial charge on any atom is 0.0976 e. The predicted molar refractivity (Wildman–Crippen MR) is 86.1 cm³/mol. The highest BCUT2D eigenvalue weighted by Crippen LogP contribution is 2.33. The van der Waals surface area contributed by atoms with Crippen molar-refractivity contribution in [3.63, 3.8) is 0 Å². The van der Waals surface area contributed by atoms with Gasteiger partial charge in [-0.25, -0.2) is 4.98 Å². The fraction of sp³-hybridized carbons (Fsp3) is 0.0556. The Morgan fingerprint density at radius 1 is 0.857 bits per heavy atom. The van der Waals surface area contributed by atoms with Crippen LogP contribution in [0.4, 0.5) is 0 Å². The Morgan fingerprint density at radius 3 is 2.43 bits per heavy atom. The number of nitrogens with zero attached hydrogens (tertiary/aromatic N) is 1. The minimum Gasteiger partial charge on any atom is -0.353 e. The molecule has 2 N–H and O–H groups in total. The molecule has 0 spiro atoms. The van der Waals surface area contributed by atoms with Crippen LogP contribution in [0.25, 0.3) is 33.5 Å². The van der Waals surface area contributed by atoms with Crippen LogP contribution in [0.15, 0.2) is 60.9 Å². The Kier molecular flexibility index (Phi) is 2.64.